The third-order valence-electron chi connectivity index (χ3n) is 3.34. The van der Waals surface area contributed by atoms with E-state index in [0.29, 0.717) is 11.8 Å². The smallest absolute Gasteiger partial charge is 0.0431 e. The molecule has 0 saturated carbocycles. The summed E-state index contributed by atoms with van der Waals surface area (Å²) >= 11 is 1.79. The first-order valence-corrected chi connectivity index (χ1v) is 7.14. The second-order valence-electron chi connectivity index (χ2n) is 4.69. The number of hydrogen-bond acceptors (Lipinski definition) is 2. The largest absolute Gasteiger partial charge is 0.261 e. The molecule has 0 spiro atoms. The molecule has 2 aromatic rings. The molecule has 0 aliphatic heterocycles. The van der Waals surface area contributed by atoms with Crippen LogP contribution in [0, 0.1) is 0 Å². The average Bonchev–Trinajstić information content (AvgIpc) is 2.90. The van der Waals surface area contributed by atoms with E-state index in [-0.39, 0.29) is 0 Å². The Bertz CT molecular complexity index is 421. The van der Waals surface area contributed by atoms with Crippen LogP contribution in [0.2, 0.25) is 0 Å². The van der Waals surface area contributed by atoms with E-state index >= 15 is 0 Å². The first-order valence-electron chi connectivity index (χ1n) is 6.20. The molecule has 0 aliphatic rings. The van der Waals surface area contributed by atoms with Crippen molar-refractivity contribution >= 4 is 11.3 Å². The molecule has 90 valence electrons. The number of thiophene rings is 1. The summed E-state index contributed by atoms with van der Waals surface area (Å²) in [6.07, 6.45) is 4.32. The predicted molar refractivity (Wildman–Crippen MR) is 74.6 cm³/mol. The summed E-state index contributed by atoms with van der Waals surface area (Å²) in [5, 5.41) is 4.42. The van der Waals surface area contributed by atoms with Crippen LogP contribution in [0.5, 0.6) is 0 Å². The van der Waals surface area contributed by atoms with E-state index in [1.54, 1.807) is 11.3 Å². The minimum absolute atomic E-state index is 0.553. The van der Waals surface area contributed by atoms with Gasteiger partial charge in [0.15, 0.2) is 0 Å². The lowest BCUT2D eigenvalue weighted by atomic mass is 9.92. The molecule has 0 aromatic carbocycles. The van der Waals surface area contributed by atoms with Crippen molar-refractivity contribution in [2.75, 3.05) is 0 Å². The van der Waals surface area contributed by atoms with Gasteiger partial charge in [-0.3, -0.25) is 4.98 Å². The maximum atomic E-state index is 4.42. The van der Waals surface area contributed by atoms with Gasteiger partial charge in [0, 0.05) is 11.9 Å². The molecule has 2 rings (SSSR count). The summed E-state index contributed by atoms with van der Waals surface area (Å²) in [6.45, 7) is 4.58. The molecule has 1 nitrogen and oxygen atoms in total. The highest BCUT2D eigenvalue weighted by Gasteiger charge is 2.10. The zero-order chi connectivity index (χ0) is 12.1. The number of pyridine rings is 1. The molecule has 0 aliphatic carbocycles. The van der Waals surface area contributed by atoms with E-state index in [1.165, 1.54) is 24.1 Å². The quantitative estimate of drug-likeness (QED) is 0.735. The third-order valence-corrected chi connectivity index (χ3v) is 4.04. The summed E-state index contributed by atoms with van der Waals surface area (Å²) in [6, 6.07) is 8.41. The highest BCUT2D eigenvalue weighted by atomic mass is 32.1. The highest BCUT2D eigenvalue weighted by Crippen LogP contribution is 2.27. The molecule has 0 saturated heterocycles. The molecule has 2 aromatic heterocycles. The van der Waals surface area contributed by atoms with Crippen molar-refractivity contribution in [1.29, 1.82) is 0 Å². The summed E-state index contributed by atoms with van der Waals surface area (Å²) in [4.78, 5) is 4.42. The molecule has 0 bridgehead atoms. The Morgan fingerprint density at radius 2 is 1.94 bits per heavy atom. The Kier molecular flexibility index (Phi) is 4.32. The van der Waals surface area contributed by atoms with E-state index in [1.807, 2.05) is 12.3 Å². The van der Waals surface area contributed by atoms with Crippen LogP contribution in [0.1, 0.15) is 49.8 Å². The van der Waals surface area contributed by atoms with Gasteiger partial charge in [0.25, 0.3) is 0 Å². The van der Waals surface area contributed by atoms with Crippen LogP contribution < -0.4 is 0 Å². The normalized spacial score (nSPS) is 14.5. The summed E-state index contributed by atoms with van der Waals surface area (Å²) in [7, 11) is 0. The van der Waals surface area contributed by atoms with Gasteiger partial charge < -0.3 is 0 Å². The second kappa shape index (κ2) is 5.97. The van der Waals surface area contributed by atoms with Gasteiger partial charge in [-0.2, -0.15) is 11.3 Å². The average molecular weight is 245 g/mol. The number of aromatic nitrogens is 1. The Morgan fingerprint density at radius 3 is 2.59 bits per heavy atom. The van der Waals surface area contributed by atoms with Crippen molar-refractivity contribution in [2.24, 2.45) is 0 Å². The van der Waals surface area contributed by atoms with Crippen LogP contribution in [0.3, 0.4) is 0 Å². The van der Waals surface area contributed by atoms with Crippen LogP contribution in [0.4, 0.5) is 0 Å². The van der Waals surface area contributed by atoms with Crippen LogP contribution in [-0.4, -0.2) is 4.98 Å². The molecule has 2 unspecified atom stereocenters. The monoisotopic (exact) mass is 245 g/mol. The van der Waals surface area contributed by atoms with E-state index in [4.69, 9.17) is 0 Å². The van der Waals surface area contributed by atoms with Crippen molar-refractivity contribution < 1.29 is 0 Å². The maximum Gasteiger partial charge on any atom is 0.0431 e. The molecule has 0 amide bonds. The summed E-state index contributed by atoms with van der Waals surface area (Å²) in [5.41, 5.74) is 2.69. The van der Waals surface area contributed by atoms with E-state index in [0.717, 1.165) is 0 Å². The lowest BCUT2D eigenvalue weighted by Gasteiger charge is -2.14. The molecule has 17 heavy (non-hydrogen) atoms. The van der Waals surface area contributed by atoms with Crippen LogP contribution >= 0.6 is 11.3 Å². The first kappa shape index (κ1) is 12.3. The Morgan fingerprint density at radius 1 is 1.12 bits per heavy atom. The fraction of sp³-hybridized carbons (Fsp3) is 0.400. The molecular formula is C15H19NS. The topological polar surface area (TPSA) is 12.9 Å². The molecule has 2 heteroatoms. The van der Waals surface area contributed by atoms with Gasteiger partial charge in [0.2, 0.25) is 0 Å². The van der Waals surface area contributed by atoms with E-state index < -0.39 is 0 Å². The van der Waals surface area contributed by atoms with Gasteiger partial charge in [0.1, 0.15) is 0 Å². The van der Waals surface area contributed by atoms with Crippen LogP contribution in [0.25, 0.3) is 0 Å². The van der Waals surface area contributed by atoms with Crippen LogP contribution in [0.15, 0.2) is 41.2 Å². The zero-order valence-corrected chi connectivity index (χ0v) is 11.3. The molecule has 2 heterocycles. The highest BCUT2D eigenvalue weighted by molar-refractivity contribution is 7.07. The lowest BCUT2D eigenvalue weighted by Crippen LogP contribution is -1.99. The SMILES string of the molecule is CC(CCC(C)c1ccccn1)c1ccsc1. The maximum absolute atomic E-state index is 4.42. The van der Waals surface area contributed by atoms with Crippen LogP contribution in [-0.2, 0) is 0 Å². The van der Waals surface area contributed by atoms with Gasteiger partial charge in [-0.25, -0.2) is 0 Å². The summed E-state index contributed by atoms with van der Waals surface area (Å²) in [5.74, 6) is 1.21. The van der Waals surface area contributed by atoms with Crippen molar-refractivity contribution in [3.63, 3.8) is 0 Å². The van der Waals surface area contributed by atoms with Crippen molar-refractivity contribution in [1.82, 2.24) is 4.98 Å². The fourth-order valence-corrected chi connectivity index (χ4v) is 2.82. The predicted octanol–water partition coefficient (Wildman–Crippen LogP) is 4.83. The third kappa shape index (κ3) is 3.40. The standard InChI is InChI=1S/C15H19NS/c1-12(14-8-10-17-11-14)6-7-13(2)15-5-3-4-9-16-15/h3-5,8-13H,6-7H2,1-2H3. The van der Waals surface area contributed by atoms with Crippen molar-refractivity contribution in [3.8, 4) is 0 Å². The second-order valence-corrected chi connectivity index (χ2v) is 5.47. The zero-order valence-electron chi connectivity index (χ0n) is 10.5. The number of rotatable bonds is 5. The molecule has 2 atom stereocenters. The molecule has 0 radical (unpaired) electrons. The van der Waals surface area contributed by atoms with E-state index in [2.05, 4.69) is 47.8 Å². The van der Waals surface area contributed by atoms with Crippen molar-refractivity contribution in [3.05, 3.63) is 52.5 Å². The Labute approximate surface area is 108 Å². The first-order chi connectivity index (χ1) is 8.27. The minimum Gasteiger partial charge on any atom is -0.261 e. The van der Waals surface area contributed by atoms with Crippen molar-refractivity contribution in [2.45, 2.75) is 38.5 Å². The van der Waals surface area contributed by atoms with E-state index in [9.17, 15) is 0 Å². The Balaban J connectivity index is 1.86. The summed E-state index contributed by atoms with van der Waals surface area (Å²) < 4.78 is 0. The Hall–Kier alpha value is -1.15. The number of hydrogen-bond donors (Lipinski definition) is 0. The van der Waals surface area contributed by atoms with Gasteiger partial charge >= 0.3 is 0 Å². The minimum atomic E-state index is 0.553. The lowest BCUT2D eigenvalue weighted by molar-refractivity contribution is 0.566. The fourth-order valence-electron chi connectivity index (χ4n) is 2.04. The van der Waals surface area contributed by atoms with Gasteiger partial charge in [-0.05, 0) is 59.2 Å². The molecule has 0 N–H and O–H groups in total. The van der Waals surface area contributed by atoms with Gasteiger partial charge in [-0.15, -0.1) is 0 Å². The van der Waals surface area contributed by atoms with Gasteiger partial charge in [0.05, 0.1) is 0 Å². The molecular weight excluding hydrogens is 226 g/mol. The molecule has 0 fully saturated rings. The van der Waals surface area contributed by atoms with Gasteiger partial charge in [-0.1, -0.05) is 19.9 Å². The number of nitrogens with zero attached hydrogens (tertiary/aromatic N) is 1.